The number of carbonyl (C=O) groups is 1. The van der Waals surface area contributed by atoms with Gasteiger partial charge in [0.2, 0.25) is 0 Å². The lowest BCUT2D eigenvalue weighted by Crippen LogP contribution is -2.52. The fraction of sp³-hybridized carbons (Fsp3) is 0.550. The number of piperazine rings is 1. The van der Waals surface area contributed by atoms with Crippen LogP contribution in [0.15, 0.2) is 24.3 Å². The largest absolute Gasteiger partial charge is 0.416 e. The minimum atomic E-state index is -4.39. The zero-order valence-corrected chi connectivity index (χ0v) is 15.8. The molecule has 2 rings (SSSR count). The molecule has 0 radical (unpaired) electrons. The van der Waals surface area contributed by atoms with Gasteiger partial charge in [-0.3, -0.25) is 4.90 Å². The second kappa shape index (κ2) is 9.65. The molecular formula is C20H26F3N3O. The molecule has 4 nitrogen and oxygen atoms in total. The molecular weight excluding hydrogens is 355 g/mol. The molecule has 0 spiro atoms. The Kier molecular flexibility index (Phi) is 7.55. The van der Waals surface area contributed by atoms with Gasteiger partial charge in [-0.25, -0.2) is 4.79 Å². The Morgan fingerprint density at radius 2 is 1.93 bits per heavy atom. The van der Waals surface area contributed by atoms with Crippen molar-refractivity contribution in [3.05, 3.63) is 35.4 Å². The molecule has 0 bridgehead atoms. The highest BCUT2D eigenvalue weighted by molar-refractivity contribution is 5.74. The summed E-state index contributed by atoms with van der Waals surface area (Å²) in [6.07, 6.45) is -3.24. The maximum atomic E-state index is 12.7. The van der Waals surface area contributed by atoms with E-state index in [2.05, 4.69) is 35.9 Å². The van der Waals surface area contributed by atoms with Gasteiger partial charge in [-0.2, -0.15) is 13.2 Å². The van der Waals surface area contributed by atoms with Crippen molar-refractivity contribution in [3.63, 3.8) is 0 Å². The maximum Gasteiger partial charge on any atom is 0.416 e. The molecule has 1 aromatic rings. The van der Waals surface area contributed by atoms with Gasteiger partial charge in [-0.05, 0) is 37.1 Å². The van der Waals surface area contributed by atoms with E-state index in [9.17, 15) is 18.0 Å². The van der Waals surface area contributed by atoms with Gasteiger partial charge in [-0.1, -0.05) is 31.8 Å². The van der Waals surface area contributed by atoms with E-state index >= 15 is 0 Å². The maximum absolute atomic E-state index is 12.7. The summed E-state index contributed by atoms with van der Waals surface area (Å²) in [5, 5.41) is 2.71. The molecule has 1 aliphatic heterocycles. The van der Waals surface area contributed by atoms with Crippen molar-refractivity contribution < 1.29 is 18.0 Å². The molecule has 1 aliphatic rings. The van der Waals surface area contributed by atoms with Crippen LogP contribution >= 0.6 is 0 Å². The van der Waals surface area contributed by atoms with E-state index in [-0.39, 0.29) is 18.1 Å². The highest BCUT2D eigenvalue weighted by Crippen LogP contribution is 2.29. The van der Waals surface area contributed by atoms with Crippen LogP contribution < -0.4 is 5.32 Å². The van der Waals surface area contributed by atoms with E-state index < -0.39 is 11.7 Å². The number of benzene rings is 1. The third kappa shape index (κ3) is 7.14. The molecule has 1 N–H and O–H groups in total. The molecule has 1 saturated heterocycles. The first-order chi connectivity index (χ1) is 12.8. The Hall–Kier alpha value is -2.20. The van der Waals surface area contributed by atoms with Crippen LogP contribution in [0, 0.1) is 17.8 Å². The predicted octanol–water partition coefficient (Wildman–Crippen LogP) is 3.43. The molecule has 0 aliphatic carbocycles. The summed E-state index contributed by atoms with van der Waals surface area (Å²) in [4.78, 5) is 16.3. The SMILES string of the molecule is CC(C)CCN1CCN(C(=O)NCC#Cc2cccc(C(F)(F)F)c2)CC1. The molecule has 27 heavy (non-hydrogen) atoms. The molecule has 0 saturated carbocycles. The molecule has 1 aromatic carbocycles. The number of rotatable bonds is 4. The Morgan fingerprint density at radius 1 is 1.22 bits per heavy atom. The van der Waals surface area contributed by atoms with Crippen LogP contribution in [-0.2, 0) is 6.18 Å². The molecule has 1 fully saturated rings. The number of nitrogens with zero attached hydrogens (tertiary/aromatic N) is 2. The second-order valence-corrected chi connectivity index (χ2v) is 7.05. The number of nitrogens with one attached hydrogen (secondary N) is 1. The topological polar surface area (TPSA) is 35.6 Å². The van der Waals surface area contributed by atoms with Gasteiger partial charge < -0.3 is 10.2 Å². The van der Waals surface area contributed by atoms with Crippen molar-refractivity contribution in [2.45, 2.75) is 26.4 Å². The van der Waals surface area contributed by atoms with E-state index in [0.29, 0.717) is 19.0 Å². The summed E-state index contributed by atoms with van der Waals surface area (Å²) in [6.45, 7) is 8.61. The summed E-state index contributed by atoms with van der Waals surface area (Å²) in [5.74, 6) is 6.03. The Labute approximate surface area is 158 Å². The zero-order valence-electron chi connectivity index (χ0n) is 15.8. The summed E-state index contributed by atoms with van der Waals surface area (Å²) < 4.78 is 38.0. The van der Waals surface area contributed by atoms with Crippen molar-refractivity contribution in [1.82, 2.24) is 15.1 Å². The summed E-state index contributed by atoms with van der Waals surface area (Å²) >= 11 is 0. The van der Waals surface area contributed by atoms with Crippen LogP contribution in [-0.4, -0.2) is 55.1 Å². The normalized spacial score (nSPS) is 15.4. The van der Waals surface area contributed by atoms with E-state index in [4.69, 9.17) is 0 Å². The van der Waals surface area contributed by atoms with Crippen LogP contribution in [0.25, 0.3) is 0 Å². The van der Waals surface area contributed by atoms with Gasteiger partial charge >= 0.3 is 12.2 Å². The predicted molar refractivity (Wildman–Crippen MR) is 99.2 cm³/mol. The summed E-state index contributed by atoms with van der Waals surface area (Å²) in [5.41, 5.74) is -0.452. The van der Waals surface area contributed by atoms with Crippen LogP contribution in [0.5, 0.6) is 0 Å². The van der Waals surface area contributed by atoms with Gasteiger partial charge in [0.25, 0.3) is 0 Å². The van der Waals surface area contributed by atoms with Gasteiger partial charge in [-0.15, -0.1) is 0 Å². The standard InChI is InChI=1S/C20H26F3N3O/c1-16(2)8-10-25-11-13-26(14-12-25)19(27)24-9-4-6-17-5-3-7-18(15-17)20(21,22)23/h3,5,7,15-16H,8-14H2,1-2H3,(H,24,27). The molecule has 7 heteroatoms. The molecule has 1 heterocycles. The van der Waals surface area contributed by atoms with E-state index in [1.807, 2.05) is 0 Å². The zero-order chi connectivity index (χ0) is 19.9. The van der Waals surface area contributed by atoms with Crippen molar-refractivity contribution in [2.24, 2.45) is 5.92 Å². The van der Waals surface area contributed by atoms with Crippen molar-refractivity contribution in [3.8, 4) is 11.8 Å². The average molecular weight is 381 g/mol. The van der Waals surface area contributed by atoms with Crippen molar-refractivity contribution in [2.75, 3.05) is 39.3 Å². The number of alkyl halides is 3. The fourth-order valence-corrected chi connectivity index (χ4v) is 2.77. The molecule has 0 aromatic heterocycles. The van der Waals surface area contributed by atoms with Crippen LogP contribution in [0.2, 0.25) is 0 Å². The first-order valence-corrected chi connectivity index (χ1v) is 9.17. The summed E-state index contributed by atoms with van der Waals surface area (Å²) in [7, 11) is 0. The number of hydrogen-bond acceptors (Lipinski definition) is 2. The first kappa shape index (κ1) is 21.1. The molecule has 0 unspecified atom stereocenters. The smallest absolute Gasteiger partial charge is 0.327 e. The minimum Gasteiger partial charge on any atom is -0.327 e. The van der Waals surface area contributed by atoms with Gasteiger partial charge in [0.1, 0.15) is 0 Å². The molecule has 148 valence electrons. The molecule has 0 atom stereocenters. The Balaban J connectivity index is 1.75. The van der Waals surface area contributed by atoms with Crippen LogP contribution in [0.4, 0.5) is 18.0 Å². The number of hydrogen-bond donors (Lipinski definition) is 1. The average Bonchev–Trinajstić information content (AvgIpc) is 2.63. The first-order valence-electron chi connectivity index (χ1n) is 9.17. The van der Waals surface area contributed by atoms with Crippen molar-refractivity contribution >= 4 is 6.03 Å². The third-order valence-corrected chi connectivity index (χ3v) is 4.43. The quantitative estimate of drug-likeness (QED) is 0.811. The van der Waals surface area contributed by atoms with Crippen LogP contribution in [0.3, 0.4) is 0 Å². The van der Waals surface area contributed by atoms with Crippen LogP contribution in [0.1, 0.15) is 31.4 Å². The fourth-order valence-electron chi connectivity index (χ4n) is 2.77. The third-order valence-electron chi connectivity index (χ3n) is 4.43. The number of halogens is 3. The lowest BCUT2D eigenvalue weighted by molar-refractivity contribution is -0.137. The highest BCUT2D eigenvalue weighted by atomic mass is 19.4. The second-order valence-electron chi connectivity index (χ2n) is 7.05. The van der Waals surface area contributed by atoms with E-state index in [1.165, 1.54) is 12.1 Å². The monoisotopic (exact) mass is 381 g/mol. The minimum absolute atomic E-state index is 0.0998. The summed E-state index contributed by atoms with van der Waals surface area (Å²) in [6, 6.07) is 4.67. The Bertz CT molecular complexity index is 684. The number of urea groups is 1. The molecule has 2 amide bonds. The van der Waals surface area contributed by atoms with Gasteiger partial charge in [0.05, 0.1) is 12.1 Å². The lowest BCUT2D eigenvalue weighted by Gasteiger charge is -2.34. The lowest BCUT2D eigenvalue weighted by atomic mass is 10.1. The number of carbonyl (C=O) groups excluding carboxylic acids is 1. The van der Waals surface area contributed by atoms with E-state index in [1.54, 1.807) is 4.90 Å². The number of amides is 2. The van der Waals surface area contributed by atoms with Gasteiger partial charge in [0, 0.05) is 31.7 Å². The van der Waals surface area contributed by atoms with E-state index in [0.717, 1.165) is 38.2 Å². The highest BCUT2D eigenvalue weighted by Gasteiger charge is 2.30. The van der Waals surface area contributed by atoms with Crippen molar-refractivity contribution in [1.29, 1.82) is 0 Å². The Morgan fingerprint density at radius 3 is 2.56 bits per heavy atom. The van der Waals surface area contributed by atoms with Gasteiger partial charge in [0.15, 0.2) is 0 Å².